The van der Waals surface area contributed by atoms with E-state index in [-0.39, 0.29) is 12.5 Å². The third-order valence-electron chi connectivity index (χ3n) is 3.65. The molecule has 0 aliphatic carbocycles. The fraction of sp³-hybridized carbons (Fsp3) is 0.333. The molecule has 1 aromatic heterocycles. The van der Waals surface area contributed by atoms with Crippen LogP contribution in [0.4, 0.5) is 0 Å². The molecule has 0 saturated carbocycles. The van der Waals surface area contributed by atoms with E-state index in [1.54, 1.807) is 24.3 Å². The number of nitrogens with zero attached hydrogens (tertiary/aromatic N) is 1. The van der Waals surface area contributed by atoms with Crippen LogP contribution in [0.5, 0.6) is 17.4 Å². The van der Waals surface area contributed by atoms with Crippen LogP contribution in [0.1, 0.15) is 21.6 Å². The van der Waals surface area contributed by atoms with Crippen LogP contribution in [0.15, 0.2) is 28.7 Å². The summed E-state index contributed by atoms with van der Waals surface area (Å²) in [5.41, 5.74) is 1.70. The number of benzene rings is 1. The number of pyridine rings is 1. The van der Waals surface area contributed by atoms with E-state index in [0.717, 1.165) is 10.0 Å². The monoisotopic (exact) mass is 425 g/mol. The number of aromatic nitrogens is 1. The highest BCUT2D eigenvalue weighted by atomic mass is 79.9. The van der Waals surface area contributed by atoms with Crippen LogP contribution in [-0.4, -0.2) is 44.2 Å². The predicted molar refractivity (Wildman–Crippen MR) is 97.8 cm³/mol. The van der Waals surface area contributed by atoms with Crippen molar-refractivity contribution in [3.63, 3.8) is 0 Å². The Bertz CT molecular complexity index is 781. The summed E-state index contributed by atoms with van der Waals surface area (Å²) in [6, 6.07) is 6.53. The van der Waals surface area contributed by atoms with Crippen LogP contribution >= 0.6 is 15.9 Å². The molecule has 1 N–H and O–H groups in total. The van der Waals surface area contributed by atoms with Gasteiger partial charge in [-0.3, -0.25) is 0 Å². The molecular weight excluding hydrogens is 406 g/mol. The van der Waals surface area contributed by atoms with Gasteiger partial charge >= 0.3 is 5.97 Å². The minimum Gasteiger partial charge on any atom is -0.506 e. The van der Waals surface area contributed by atoms with E-state index in [9.17, 15) is 9.90 Å². The summed E-state index contributed by atoms with van der Waals surface area (Å²) in [6.07, 6.45) is 1.03. The highest BCUT2D eigenvalue weighted by molar-refractivity contribution is 9.10. The molecule has 0 fully saturated rings. The number of halogens is 1. The first kappa shape index (κ1) is 20.0. The average Bonchev–Trinajstić information content (AvgIpc) is 2.66. The van der Waals surface area contributed by atoms with E-state index < -0.39 is 5.97 Å². The number of hydrogen-bond acceptors (Lipinski definition) is 7. The Morgan fingerprint density at radius 3 is 2.62 bits per heavy atom. The summed E-state index contributed by atoms with van der Waals surface area (Å²) in [5.74, 6) is 0.390. The molecule has 26 heavy (non-hydrogen) atoms. The smallest absolute Gasteiger partial charge is 0.341 e. The first-order chi connectivity index (χ1) is 12.5. The van der Waals surface area contributed by atoms with Crippen LogP contribution in [0.3, 0.4) is 0 Å². The molecule has 140 valence electrons. The summed E-state index contributed by atoms with van der Waals surface area (Å²) in [4.78, 5) is 16.2. The number of carbonyl (C=O) groups is 1. The van der Waals surface area contributed by atoms with Crippen molar-refractivity contribution < 1.29 is 28.8 Å². The van der Waals surface area contributed by atoms with Gasteiger partial charge in [-0.1, -0.05) is 15.9 Å². The van der Waals surface area contributed by atoms with Crippen LogP contribution in [-0.2, 0) is 22.3 Å². The lowest BCUT2D eigenvalue weighted by Gasteiger charge is -2.13. The number of hydrogen-bond donors (Lipinski definition) is 1. The maximum atomic E-state index is 11.9. The van der Waals surface area contributed by atoms with E-state index >= 15 is 0 Å². The van der Waals surface area contributed by atoms with Gasteiger partial charge in [0.15, 0.2) is 6.79 Å². The van der Waals surface area contributed by atoms with Crippen molar-refractivity contribution in [2.24, 2.45) is 0 Å². The largest absolute Gasteiger partial charge is 0.506 e. The van der Waals surface area contributed by atoms with Gasteiger partial charge in [0.25, 0.3) is 0 Å². The van der Waals surface area contributed by atoms with Crippen LogP contribution in [0.25, 0.3) is 0 Å². The third kappa shape index (κ3) is 4.86. The zero-order chi connectivity index (χ0) is 19.1. The standard InChI is InChI=1S/C18H20BrNO6/c1-23-10-26-16-8-11(13(19)9-12(16)18(22)25-3)4-5-14-15(21)6-7-17(20-14)24-2/h6-9,21H,4-5,10H2,1-3H3. The predicted octanol–water partition coefficient (Wildman–Crippen LogP) is 3.11. The SMILES string of the molecule is COCOc1cc(CCc2nc(OC)ccc2O)c(Br)cc1C(=O)OC. The van der Waals surface area contributed by atoms with Gasteiger partial charge in [-0.2, -0.15) is 0 Å². The first-order valence-electron chi connectivity index (χ1n) is 7.75. The fourth-order valence-corrected chi connectivity index (χ4v) is 2.86. The third-order valence-corrected chi connectivity index (χ3v) is 4.39. The highest BCUT2D eigenvalue weighted by Gasteiger charge is 2.17. The number of rotatable bonds is 8. The Kier molecular flexibility index (Phi) is 7.23. The maximum absolute atomic E-state index is 11.9. The Labute approximate surface area is 160 Å². The topological polar surface area (TPSA) is 87.1 Å². The van der Waals surface area contributed by atoms with Crippen LogP contribution < -0.4 is 9.47 Å². The lowest BCUT2D eigenvalue weighted by Crippen LogP contribution is -2.09. The van der Waals surface area contributed by atoms with Crippen LogP contribution in [0.2, 0.25) is 0 Å². The molecule has 2 aromatic rings. The molecule has 1 heterocycles. The minimum absolute atomic E-state index is 0.00327. The number of aromatic hydroxyl groups is 1. The zero-order valence-corrected chi connectivity index (χ0v) is 16.3. The second-order valence-corrected chi connectivity index (χ2v) is 6.16. The molecule has 7 nitrogen and oxygen atoms in total. The Morgan fingerprint density at radius 2 is 1.96 bits per heavy atom. The molecule has 0 unspecified atom stereocenters. The van der Waals surface area contributed by atoms with Gasteiger partial charge in [0, 0.05) is 17.6 Å². The molecule has 0 bridgehead atoms. The van der Waals surface area contributed by atoms with E-state index in [4.69, 9.17) is 18.9 Å². The van der Waals surface area contributed by atoms with Gasteiger partial charge in [0.2, 0.25) is 5.88 Å². The van der Waals surface area contributed by atoms with E-state index in [2.05, 4.69) is 20.9 Å². The van der Waals surface area contributed by atoms with Gasteiger partial charge < -0.3 is 24.1 Å². The summed E-state index contributed by atoms with van der Waals surface area (Å²) in [6.45, 7) is 0.00327. The molecule has 1 aromatic carbocycles. The van der Waals surface area contributed by atoms with Gasteiger partial charge in [-0.15, -0.1) is 0 Å². The highest BCUT2D eigenvalue weighted by Crippen LogP contribution is 2.30. The number of aryl methyl sites for hydroxylation is 2. The quantitative estimate of drug-likeness (QED) is 0.513. The first-order valence-corrected chi connectivity index (χ1v) is 8.54. The van der Waals surface area contributed by atoms with Crippen molar-refractivity contribution in [1.82, 2.24) is 4.98 Å². The number of esters is 1. The van der Waals surface area contributed by atoms with Gasteiger partial charge in [-0.05, 0) is 36.6 Å². The molecule has 0 radical (unpaired) electrons. The molecular formula is C18H20BrNO6. The molecule has 2 rings (SSSR count). The normalized spacial score (nSPS) is 10.5. The molecule has 0 amide bonds. The second-order valence-electron chi connectivity index (χ2n) is 5.30. The number of methoxy groups -OCH3 is 3. The van der Waals surface area contributed by atoms with Crippen molar-refractivity contribution in [1.29, 1.82) is 0 Å². The Morgan fingerprint density at radius 1 is 1.19 bits per heavy atom. The lowest BCUT2D eigenvalue weighted by atomic mass is 10.0. The molecule has 0 spiro atoms. The summed E-state index contributed by atoms with van der Waals surface area (Å²) < 4.78 is 21.0. The minimum atomic E-state index is -0.504. The van der Waals surface area contributed by atoms with Crippen molar-refractivity contribution in [3.8, 4) is 17.4 Å². The number of carbonyl (C=O) groups excluding carboxylic acids is 1. The Hall–Kier alpha value is -2.32. The van der Waals surface area contributed by atoms with Crippen molar-refractivity contribution in [3.05, 3.63) is 45.6 Å². The average molecular weight is 426 g/mol. The Balaban J connectivity index is 2.27. The van der Waals surface area contributed by atoms with Gasteiger partial charge in [0.1, 0.15) is 17.1 Å². The van der Waals surface area contributed by atoms with Gasteiger partial charge in [-0.25, -0.2) is 9.78 Å². The van der Waals surface area contributed by atoms with Crippen molar-refractivity contribution in [2.45, 2.75) is 12.8 Å². The van der Waals surface area contributed by atoms with E-state index in [0.29, 0.717) is 35.7 Å². The van der Waals surface area contributed by atoms with Crippen molar-refractivity contribution >= 4 is 21.9 Å². The summed E-state index contributed by atoms with van der Waals surface area (Å²) >= 11 is 3.47. The molecule has 0 aliphatic rings. The van der Waals surface area contributed by atoms with E-state index in [1.807, 2.05) is 0 Å². The number of ether oxygens (including phenoxy) is 4. The maximum Gasteiger partial charge on any atom is 0.341 e. The van der Waals surface area contributed by atoms with Crippen molar-refractivity contribution in [2.75, 3.05) is 28.1 Å². The molecule has 0 saturated heterocycles. The van der Waals surface area contributed by atoms with Crippen LogP contribution in [0, 0.1) is 0 Å². The molecule has 8 heteroatoms. The summed E-state index contributed by atoms with van der Waals surface area (Å²) in [5, 5.41) is 9.97. The van der Waals surface area contributed by atoms with E-state index in [1.165, 1.54) is 21.3 Å². The zero-order valence-electron chi connectivity index (χ0n) is 14.7. The second kappa shape index (κ2) is 9.40. The fourth-order valence-electron chi connectivity index (χ4n) is 2.32. The molecule has 0 atom stereocenters. The van der Waals surface area contributed by atoms with Gasteiger partial charge in [0.05, 0.1) is 19.9 Å². The molecule has 0 aliphatic heterocycles. The lowest BCUT2D eigenvalue weighted by molar-refractivity contribution is 0.0464. The summed E-state index contributed by atoms with van der Waals surface area (Å²) in [7, 11) is 4.32.